The molecule has 23 heavy (non-hydrogen) atoms. The molecule has 0 spiro atoms. The van der Waals surface area contributed by atoms with Crippen LogP contribution < -0.4 is 10.1 Å². The summed E-state index contributed by atoms with van der Waals surface area (Å²) in [6, 6.07) is 18.3. The van der Waals surface area contributed by atoms with Crippen LogP contribution in [0.15, 0.2) is 60.7 Å². The number of nitrogens with one attached hydrogen (secondary N) is 1. The van der Waals surface area contributed by atoms with Crippen LogP contribution in [0.5, 0.6) is 5.75 Å². The molecule has 118 valence electrons. The summed E-state index contributed by atoms with van der Waals surface area (Å²) in [6.07, 6.45) is 3.27. The second-order valence-corrected chi connectivity index (χ2v) is 5.84. The zero-order valence-electron chi connectivity index (χ0n) is 13.2. The molecule has 1 aliphatic rings. The smallest absolute Gasteiger partial charge is 0.173 e. The largest absolute Gasteiger partial charge is 0.497 e. The molecule has 1 aliphatic heterocycles. The van der Waals surface area contributed by atoms with Gasteiger partial charge >= 0.3 is 0 Å². The Kier molecular flexibility index (Phi) is 4.93. The van der Waals surface area contributed by atoms with E-state index in [-0.39, 0.29) is 0 Å². The van der Waals surface area contributed by atoms with Crippen molar-refractivity contribution in [1.29, 1.82) is 0 Å². The minimum absolute atomic E-state index is 0.763. The summed E-state index contributed by atoms with van der Waals surface area (Å²) in [5.74, 6) is 0.842. The van der Waals surface area contributed by atoms with Crippen LogP contribution in [0.2, 0.25) is 0 Å². The van der Waals surface area contributed by atoms with Crippen molar-refractivity contribution in [2.45, 2.75) is 6.42 Å². The number of hydrogen-bond acceptors (Lipinski definition) is 2. The first kappa shape index (κ1) is 15.6. The second-order valence-electron chi connectivity index (χ2n) is 5.45. The molecule has 0 fully saturated rings. The van der Waals surface area contributed by atoms with Gasteiger partial charge in [-0.05, 0) is 54.0 Å². The topological polar surface area (TPSA) is 24.5 Å². The van der Waals surface area contributed by atoms with Crippen molar-refractivity contribution in [1.82, 2.24) is 4.90 Å². The molecule has 3 rings (SSSR count). The van der Waals surface area contributed by atoms with Crippen molar-refractivity contribution in [3.8, 4) is 5.75 Å². The fourth-order valence-electron chi connectivity index (χ4n) is 2.64. The average Bonchev–Trinajstić information content (AvgIpc) is 2.63. The minimum atomic E-state index is 0.763. The predicted octanol–water partition coefficient (Wildman–Crippen LogP) is 4.18. The van der Waals surface area contributed by atoms with Crippen molar-refractivity contribution in [2.75, 3.05) is 25.5 Å². The van der Waals surface area contributed by atoms with E-state index in [4.69, 9.17) is 17.0 Å². The molecule has 1 N–H and O–H groups in total. The molecule has 1 heterocycles. The Morgan fingerprint density at radius 1 is 1.09 bits per heavy atom. The third kappa shape index (κ3) is 3.90. The van der Waals surface area contributed by atoms with E-state index < -0.39 is 0 Å². The van der Waals surface area contributed by atoms with Crippen LogP contribution >= 0.6 is 12.2 Å². The molecular weight excluding hydrogens is 304 g/mol. The number of anilines is 1. The molecule has 0 aromatic heterocycles. The molecule has 0 amide bonds. The molecule has 2 aromatic rings. The summed E-state index contributed by atoms with van der Waals surface area (Å²) in [5.41, 5.74) is 3.68. The Morgan fingerprint density at radius 3 is 2.43 bits per heavy atom. The molecule has 0 aliphatic carbocycles. The Hall–Kier alpha value is -2.33. The van der Waals surface area contributed by atoms with E-state index in [9.17, 15) is 0 Å². The van der Waals surface area contributed by atoms with Gasteiger partial charge in [-0.25, -0.2) is 0 Å². The number of nitrogens with zero attached hydrogens (tertiary/aromatic N) is 1. The predicted molar refractivity (Wildman–Crippen MR) is 99.8 cm³/mol. The third-order valence-corrected chi connectivity index (χ3v) is 4.34. The second kappa shape index (κ2) is 7.29. The number of benzene rings is 2. The zero-order valence-corrected chi connectivity index (χ0v) is 14.0. The third-order valence-electron chi connectivity index (χ3n) is 3.98. The summed E-state index contributed by atoms with van der Waals surface area (Å²) in [6.45, 7) is 1.77. The van der Waals surface area contributed by atoms with E-state index >= 15 is 0 Å². The summed E-state index contributed by atoms with van der Waals surface area (Å²) in [7, 11) is 1.66. The highest BCUT2D eigenvalue weighted by Crippen LogP contribution is 2.23. The van der Waals surface area contributed by atoms with Crippen LogP contribution in [0.4, 0.5) is 5.69 Å². The van der Waals surface area contributed by atoms with Gasteiger partial charge in [-0.1, -0.05) is 36.4 Å². The summed E-state index contributed by atoms with van der Waals surface area (Å²) < 4.78 is 5.17. The Bertz CT molecular complexity index is 695. The normalized spacial score (nSPS) is 14.1. The standard InChI is InChI=1S/C19H20N2OS/c1-22-18-9-7-17(8-10-18)20-19(23)21-13-11-16(12-14-21)15-5-3-2-4-6-15/h2-11H,12-14H2,1H3,(H,20,23). The van der Waals surface area contributed by atoms with Gasteiger partial charge in [0.1, 0.15) is 5.75 Å². The Balaban J connectivity index is 1.60. The quantitative estimate of drug-likeness (QED) is 0.856. The van der Waals surface area contributed by atoms with E-state index in [1.807, 2.05) is 30.3 Å². The van der Waals surface area contributed by atoms with Crippen molar-refractivity contribution in [3.05, 3.63) is 66.2 Å². The van der Waals surface area contributed by atoms with Gasteiger partial charge in [-0.2, -0.15) is 0 Å². The lowest BCUT2D eigenvalue weighted by molar-refractivity contribution is 0.415. The maximum absolute atomic E-state index is 5.53. The lowest BCUT2D eigenvalue weighted by atomic mass is 10.00. The first-order valence-electron chi connectivity index (χ1n) is 7.71. The van der Waals surface area contributed by atoms with Crippen molar-refractivity contribution < 1.29 is 4.74 Å². The van der Waals surface area contributed by atoms with E-state index in [1.165, 1.54) is 11.1 Å². The highest BCUT2D eigenvalue weighted by molar-refractivity contribution is 7.80. The number of thiocarbonyl (C=S) groups is 1. The van der Waals surface area contributed by atoms with E-state index in [2.05, 4.69) is 40.6 Å². The van der Waals surface area contributed by atoms with Gasteiger partial charge in [0.25, 0.3) is 0 Å². The molecule has 0 radical (unpaired) electrons. The van der Waals surface area contributed by atoms with Crippen LogP contribution in [0.1, 0.15) is 12.0 Å². The zero-order chi connectivity index (χ0) is 16.1. The van der Waals surface area contributed by atoms with Crippen LogP contribution in [0.3, 0.4) is 0 Å². The van der Waals surface area contributed by atoms with Crippen LogP contribution in [-0.4, -0.2) is 30.2 Å². The van der Waals surface area contributed by atoms with Crippen LogP contribution in [-0.2, 0) is 0 Å². The van der Waals surface area contributed by atoms with Gasteiger partial charge in [-0.3, -0.25) is 0 Å². The lowest BCUT2D eigenvalue weighted by Gasteiger charge is -2.29. The van der Waals surface area contributed by atoms with Gasteiger partial charge in [0.05, 0.1) is 7.11 Å². The molecular formula is C19H20N2OS. The van der Waals surface area contributed by atoms with E-state index in [0.29, 0.717) is 0 Å². The van der Waals surface area contributed by atoms with Crippen molar-refractivity contribution in [2.24, 2.45) is 0 Å². The molecule has 0 saturated heterocycles. The summed E-state index contributed by atoms with van der Waals surface area (Å²) >= 11 is 5.53. The number of rotatable bonds is 3. The Morgan fingerprint density at radius 2 is 1.83 bits per heavy atom. The van der Waals surface area contributed by atoms with E-state index in [0.717, 1.165) is 36.1 Å². The fraction of sp³-hybridized carbons (Fsp3) is 0.211. The average molecular weight is 324 g/mol. The monoisotopic (exact) mass is 324 g/mol. The summed E-state index contributed by atoms with van der Waals surface area (Å²) in [4.78, 5) is 2.19. The minimum Gasteiger partial charge on any atom is -0.497 e. The SMILES string of the molecule is COc1ccc(NC(=S)N2CC=C(c3ccccc3)CC2)cc1. The maximum Gasteiger partial charge on any atom is 0.173 e. The lowest BCUT2D eigenvalue weighted by Crippen LogP contribution is -2.37. The molecule has 0 saturated carbocycles. The van der Waals surface area contributed by atoms with Crippen molar-refractivity contribution >= 4 is 28.6 Å². The first-order chi connectivity index (χ1) is 11.3. The molecule has 0 bridgehead atoms. The molecule has 3 nitrogen and oxygen atoms in total. The molecule has 0 atom stereocenters. The number of ether oxygens (including phenoxy) is 1. The van der Waals surface area contributed by atoms with Crippen molar-refractivity contribution in [3.63, 3.8) is 0 Å². The molecule has 0 unspecified atom stereocenters. The highest BCUT2D eigenvalue weighted by Gasteiger charge is 2.15. The van der Waals surface area contributed by atoms with Gasteiger partial charge in [0.15, 0.2) is 5.11 Å². The highest BCUT2D eigenvalue weighted by atomic mass is 32.1. The summed E-state index contributed by atoms with van der Waals surface area (Å²) in [5, 5.41) is 4.05. The number of hydrogen-bond donors (Lipinski definition) is 1. The maximum atomic E-state index is 5.53. The van der Waals surface area contributed by atoms with Crippen LogP contribution in [0, 0.1) is 0 Å². The Labute approximate surface area is 142 Å². The van der Waals surface area contributed by atoms with Gasteiger partial charge in [-0.15, -0.1) is 0 Å². The fourth-order valence-corrected chi connectivity index (χ4v) is 2.93. The van der Waals surface area contributed by atoms with Gasteiger partial charge in [0.2, 0.25) is 0 Å². The van der Waals surface area contributed by atoms with E-state index in [1.54, 1.807) is 7.11 Å². The van der Waals surface area contributed by atoms with Crippen LogP contribution in [0.25, 0.3) is 5.57 Å². The first-order valence-corrected chi connectivity index (χ1v) is 8.11. The molecule has 2 aromatic carbocycles. The number of methoxy groups -OCH3 is 1. The van der Waals surface area contributed by atoms with Gasteiger partial charge in [0, 0.05) is 18.8 Å². The van der Waals surface area contributed by atoms with Gasteiger partial charge < -0.3 is 15.0 Å². The molecule has 4 heteroatoms.